The Balaban J connectivity index is 2.01. The van der Waals surface area contributed by atoms with E-state index in [1.165, 1.54) is 44.5 Å². The van der Waals surface area contributed by atoms with Crippen molar-refractivity contribution in [3.05, 3.63) is 12.2 Å². The van der Waals surface area contributed by atoms with E-state index in [0.717, 1.165) is 37.3 Å². The number of nitrogens with one attached hydrogen (secondary N) is 1. The second-order valence-corrected chi connectivity index (χ2v) is 6.49. The highest BCUT2D eigenvalue weighted by Gasteiger charge is 2.30. The van der Waals surface area contributed by atoms with Gasteiger partial charge in [0.2, 0.25) is 0 Å². The zero-order chi connectivity index (χ0) is 15.1. The molecule has 0 amide bonds. The number of aryl methyl sites for hydroxylation is 1. The Kier molecular flexibility index (Phi) is 6.68. The summed E-state index contributed by atoms with van der Waals surface area (Å²) in [5.41, 5.74) is 0. The summed E-state index contributed by atoms with van der Waals surface area (Å²) in [4.78, 5) is 4.50. The standard InChI is InChI=1S/C17H32N4/c1-4-7-14-8-9-15(12-18-5-2)16(10-14)11-17-19-13-20-21(17)6-3/h13-16,18H,4-12H2,1-3H3. The van der Waals surface area contributed by atoms with Crippen LogP contribution in [0.4, 0.5) is 0 Å². The minimum absolute atomic E-state index is 0.767. The minimum atomic E-state index is 0.767. The van der Waals surface area contributed by atoms with Crippen molar-refractivity contribution >= 4 is 0 Å². The molecule has 0 radical (unpaired) electrons. The van der Waals surface area contributed by atoms with Gasteiger partial charge in [-0.15, -0.1) is 0 Å². The van der Waals surface area contributed by atoms with Gasteiger partial charge in [0.15, 0.2) is 0 Å². The van der Waals surface area contributed by atoms with Gasteiger partial charge in [0.1, 0.15) is 12.2 Å². The summed E-state index contributed by atoms with van der Waals surface area (Å²) < 4.78 is 2.06. The maximum Gasteiger partial charge on any atom is 0.138 e. The van der Waals surface area contributed by atoms with E-state index in [4.69, 9.17) is 0 Å². The third-order valence-electron chi connectivity index (χ3n) is 5.04. The molecule has 1 aliphatic carbocycles. The Bertz CT molecular complexity index is 401. The molecule has 4 heteroatoms. The van der Waals surface area contributed by atoms with Crippen molar-refractivity contribution in [3.8, 4) is 0 Å². The van der Waals surface area contributed by atoms with E-state index in [-0.39, 0.29) is 0 Å². The van der Waals surface area contributed by atoms with Crippen LogP contribution in [0.1, 0.15) is 58.7 Å². The van der Waals surface area contributed by atoms with Gasteiger partial charge in [-0.05, 0) is 50.6 Å². The van der Waals surface area contributed by atoms with Crippen molar-refractivity contribution < 1.29 is 0 Å². The summed E-state index contributed by atoms with van der Waals surface area (Å²) in [7, 11) is 0. The van der Waals surface area contributed by atoms with E-state index >= 15 is 0 Å². The maximum atomic E-state index is 4.50. The molecule has 1 aliphatic rings. The van der Waals surface area contributed by atoms with Crippen molar-refractivity contribution in [2.24, 2.45) is 17.8 Å². The molecule has 120 valence electrons. The molecule has 1 N–H and O–H groups in total. The highest BCUT2D eigenvalue weighted by atomic mass is 15.3. The molecule has 21 heavy (non-hydrogen) atoms. The van der Waals surface area contributed by atoms with Crippen molar-refractivity contribution in [1.29, 1.82) is 0 Å². The van der Waals surface area contributed by atoms with Crippen LogP contribution in [0, 0.1) is 17.8 Å². The van der Waals surface area contributed by atoms with Crippen LogP contribution in [-0.4, -0.2) is 27.9 Å². The first-order valence-corrected chi connectivity index (χ1v) is 8.85. The zero-order valence-electron chi connectivity index (χ0n) is 14.0. The van der Waals surface area contributed by atoms with Crippen molar-refractivity contribution in [3.63, 3.8) is 0 Å². The van der Waals surface area contributed by atoms with Gasteiger partial charge in [-0.25, -0.2) is 4.98 Å². The number of rotatable bonds is 8. The van der Waals surface area contributed by atoms with E-state index < -0.39 is 0 Å². The lowest BCUT2D eigenvalue weighted by atomic mass is 9.71. The highest BCUT2D eigenvalue weighted by molar-refractivity contribution is 4.92. The first-order chi connectivity index (χ1) is 10.3. The van der Waals surface area contributed by atoms with Crippen LogP contribution in [0.2, 0.25) is 0 Å². The average molecular weight is 292 g/mol. The third-order valence-corrected chi connectivity index (χ3v) is 5.04. The Morgan fingerprint density at radius 1 is 1.24 bits per heavy atom. The summed E-state index contributed by atoms with van der Waals surface area (Å²) >= 11 is 0. The van der Waals surface area contributed by atoms with E-state index in [0.29, 0.717) is 0 Å². The summed E-state index contributed by atoms with van der Waals surface area (Å²) in [6.07, 6.45) is 9.70. The van der Waals surface area contributed by atoms with Gasteiger partial charge >= 0.3 is 0 Å². The molecule has 1 fully saturated rings. The second-order valence-electron chi connectivity index (χ2n) is 6.49. The molecule has 0 aromatic carbocycles. The fourth-order valence-electron chi connectivity index (χ4n) is 3.89. The van der Waals surface area contributed by atoms with E-state index in [2.05, 4.69) is 40.9 Å². The number of hydrogen-bond acceptors (Lipinski definition) is 3. The fourth-order valence-corrected chi connectivity index (χ4v) is 3.89. The molecule has 4 nitrogen and oxygen atoms in total. The van der Waals surface area contributed by atoms with Crippen LogP contribution in [0.3, 0.4) is 0 Å². The molecule has 3 unspecified atom stereocenters. The van der Waals surface area contributed by atoms with Crippen LogP contribution >= 0.6 is 0 Å². The first-order valence-electron chi connectivity index (χ1n) is 8.85. The second kappa shape index (κ2) is 8.52. The van der Waals surface area contributed by atoms with E-state index in [1.807, 2.05) is 0 Å². The van der Waals surface area contributed by atoms with Gasteiger partial charge in [0, 0.05) is 13.0 Å². The summed E-state index contributed by atoms with van der Waals surface area (Å²) in [6.45, 7) is 9.83. The third kappa shape index (κ3) is 4.53. The lowest BCUT2D eigenvalue weighted by Crippen LogP contribution is -2.34. The molecule has 1 saturated carbocycles. The average Bonchev–Trinajstić information content (AvgIpc) is 2.94. The van der Waals surface area contributed by atoms with Crippen LogP contribution in [-0.2, 0) is 13.0 Å². The zero-order valence-corrected chi connectivity index (χ0v) is 14.0. The van der Waals surface area contributed by atoms with Crippen LogP contribution in [0.25, 0.3) is 0 Å². The molecule has 2 rings (SSSR count). The fraction of sp³-hybridized carbons (Fsp3) is 0.882. The molecule has 0 spiro atoms. The summed E-state index contributed by atoms with van der Waals surface area (Å²) in [5.74, 6) is 3.68. The van der Waals surface area contributed by atoms with Crippen LogP contribution < -0.4 is 5.32 Å². The molecule has 1 aromatic heterocycles. The van der Waals surface area contributed by atoms with Crippen molar-refractivity contribution in [2.75, 3.05) is 13.1 Å². The first kappa shape index (κ1) is 16.5. The largest absolute Gasteiger partial charge is 0.317 e. The van der Waals surface area contributed by atoms with Crippen LogP contribution in [0.15, 0.2) is 6.33 Å². The van der Waals surface area contributed by atoms with Crippen molar-refractivity contribution in [1.82, 2.24) is 20.1 Å². The predicted molar refractivity (Wildman–Crippen MR) is 87.2 cm³/mol. The number of aromatic nitrogens is 3. The lowest BCUT2D eigenvalue weighted by molar-refractivity contribution is 0.165. The molecule has 3 atom stereocenters. The molecular formula is C17H32N4. The van der Waals surface area contributed by atoms with E-state index in [9.17, 15) is 0 Å². The normalized spacial score (nSPS) is 26.1. The Morgan fingerprint density at radius 2 is 2.10 bits per heavy atom. The Morgan fingerprint density at radius 3 is 2.81 bits per heavy atom. The summed E-state index contributed by atoms with van der Waals surface area (Å²) in [5, 5.41) is 7.89. The quantitative estimate of drug-likeness (QED) is 0.799. The monoisotopic (exact) mass is 292 g/mol. The highest BCUT2D eigenvalue weighted by Crippen LogP contribution is 2.37. The molecule has 1 aromatic rings. The van der Waals surface area contributed by atoms with Gasteiger partial charge in [-0.3, -0.25) is 4.68 Å². The smallest absolute Gasteiger partial charge is 0.138 e. The molecule has 0 bridgehead atoms. The topological polar surface area (TPSA) is 42.7 Å². The molecular weight excluding hydrogens is 260 g/mol. The van der Waals surface area contributed by atoms with Gasteiger partial charge in [-0.2, -0.15) is 5.10 Å². The van der Waals surface area contributed by atoms with E-state index in [1.54, 1.807) is 6.33 Å². The Hall–Kier alpha value is -0.900. The number of hydrogen-bond donors (Lipinski definition) is 1. The summed E-state index contributed by atoms with van der Waals surface area (Å²) in [6, 6.07) is 0. The lowest BCUT2D eigenvalue weighted by Gasteiger charge is -2.36. The molecule has 0 saturated heterocycles. The minimum Gasteiger partial charge on any atom is -0.317 e. The Labute approximate surface area is 129 Å². The van der Waals surface area contributed by atoms with Gasteiger partial charge in [-0.1, -0.05) is 33.1 Å². The van der Waals surface area contributed by atoms with Gasteiger partial charge in [0.25, 0.3) is 0 Å². The molecule has 1 heterocycles. The maximum absolute atomic E-state index is 4.50. The van der Waals surface area contributed by atoms with Gasteiger partial charge in [0.05, 0.1) is 0 Å². The number of nitrogens with zero attached hydrogens (tertiary/aromatic N) is 3. The van der Waals surface area contributed by atoms with Crippen LogP contribution in [0.5, 0.6) is 0 Å². The SMILES string of the molecule is CCCC1CCC(CNCC)C(Cc2ncnn2CC)C1. The van der Waals surface area contributed by atoms with Crippen molar-refractivity contribution in [2.45, 2.75) is 65.8 Å². The predicted octanol–water partition coefficient (Wildman–Crippen LogP) is 3.28. The van der Waals surface area contributed by atoms with Gasteiger partial charge < -0.3 is 5.32 Å². The molecule has 0 aliphatic heterocycles.